The molecule has 0 unspecified atom stereocenters. The Kier molecular flexibility index (Phi) is 5.56. The number of thiophene rings is 1. The van der Waals surface area contributed by atoms with E-state index in [1.807, 2.05) is 6.07 Å². The standard InChI is InChI=1S/C14H19N3O3S2/c1-16(10-7-15)13(18)11-12-5-6-14(21-12)22(19,20)17-8-3-2-4-9-17/h5-6H,2-4,8-11H2,1H3. The molecule has 1 fully saturated rings. The first-order valence-corrected chi connectivity index (χ1v) is 9.40. The average Bonchev–Trinajstić information content (AvgIpc) is 2.97. The Bertz CT molecular complexity index is 670. The van der Waals surface area contributed by atoms with Crippen LogP contribution in [0.3, 0.4) is 0 Å². The van der Waals surface area contributed by atoms with Crippen molar-refractivity contribution in [1.29, 1.82) is 5.26 Å². The molecule has 2 heterocycles. The summed E-state index contributed by atoms with van der Waals surface area (Å²) in [5, 5.41) is 8.58. The summed E-state index contributed by atoms with van der Waals surface area (Å²) >= 11 is 1.14. The van der Waals surface area contributed by atoms with E-state index in [1.165, 1.54) is 9.21 Å². The Morgan fingerprint density at radius 1 is 1.36 bits per heavy atom. The van der Waals surface area contributed by atoms with Crippen LogP contribution in [0.5, 0.6) is 0 Å². The molecule has 8 heteroatoms. The molecule has 0 bridgehead atoms. The summed E-state index contributed by atoms with van der Waals surface area (Å²) in [5.41, 5.74) is 0. The smallest absolute Gasteiger partial charge is 0.252 e. The number of rotatable bonds is 5. The van der Waals surface area contributed by atoms with E-state index < -0.39 is 10.0 Å². The molecule has 2 rings (SSSR count). The van der Waals surface area contributed by atoms with Crippen LogP contribution in [-0.4, -0.2) is 50.2 Å². The van der Waals surface area contributed by atoms with Gasteiger partial charge in [-0.1, -0.05) is 6.42 Å². The quantitative estimate of drug-likeness (QED) is 0.759. The largest absolute Gasteiger partial charge is 0.332 e. The van der Waals surface area contributed by atoms with Gasteiger partial charge in [0.05, 0.1) is 12.5 Å². The predicted octanol–water partition coefficient (Wildman–Crippen LogP) is 1.45. The number of nitriles is 1. The van der Waals surface area contributed by atoms with Crippen LogP contribution in [0.25, 0.3) is 0 Å². The fourth-order valence-electron chi connectivity index (χ4n) is 2.30. The zero-order chi connectivity index (χ0) is 16.2. The molecule has 0 spiro atoms. The van der Waals surface area contributed by atoms with Crippen molar-refractivity contribution in [2.45, 2.75) is 29.9 Å². The molecule has 6 nitrogen and oxygen atoms in total. The maximum atomic E-state index is 12.5. The van der Waals surface area contributed by atoms with Gasteiger partial charge < -0.3 is 4.90 Å². The maximum Gasteiger partial charge on any atom is 0.252 e. The van der Waals surface area contributed by atoms with Crippen molar-refractivity contribution in [3.63, 3.8) is 0 Å². The van der Waals surface area contributed by atoms with E-state index in [0.29, 0.717) is 22.2 Å². The SMILES string of the molecule is CN(CC#N)C(=O)Cc1ccc(S(=O)(=O)N2CCCCC2)s1. The number of hydrogen-bond donors (Lipinski definition) is 0. The van der Waals surface area contributed by atoms with Crippen LogP contribution >= 0.6 is 11.3 Å². The number of nitrogens with zero attached hydrogens (tertiary/aromatic N) is 3. The number of amides is 1. The molecule has 0 N–H and O–H groups in total. The summed E-state index contributed by atoms with van der Waals surface area (Å²) in [7, 11) is -1.87. The van der Waals surface area contributed by atoms with E-state index in [0.717, 1.165) is 30.6 Å². The lowest BCUT2D eigenvalue weighted by Crippen LogP contribution is -2.35. The molecule has 0 aliphatic carbocycles. The van der Waals surface area contributed by atoms with Crippen molar-refractivity contribution >= 4 is 27.3 Å². The Balaban J connectivity index is 2.07. The van der Waals surface area contributed by atoms with Gasteiger partial charge in [0.25, 0.3) is 10.0 Å². The number of carbonyl (C=O) groups excluding carboxylic acids is 1. The molecule has 1 aliphatic heterocycles. The van der Waals surface area contributed by atoms with Crippen molar-refractivity contribution in [3.8, 4) is 6.07 Å². The summed E-state index contributed by atoms with van der Waals surface area (Å²) in [6.45, 7) is 1.17. The van der Waals surface area contributed by atoms with E-state index in [2.05, 4.69) is 0 Å². The molecule has 22 heavy (non-hydrogen) atoms. The lowest BCUT2D eigenvalue weighted by molar-refractivity contribution is -0.128. The number of piperidine rings is 1. The summed E-state index contributed by atoms with van der Waals surface area (Å²) in [4.78, 5) is 13.9. The average molecular weight is 341 g/mol. The van der Waals surface area contributed by atoms with Gasteiger partial charge in [-0.2, -0.15) is 9.57 Å². The van der Waals surface area contributed by atoms with E-state index in [-0.39, 0.29) is 18.9 Å². The molecule has 1 aromatic rings. The van der Waals surface area contributed by atoms with Gasteiger partial charge in [0.15, 0.2) is 0 Å². The van der Waals surface area contributed by atoms with Crippen molar-refractivity contribution in [2.24, 2.45) is 0 Å². The highest BCUT2D eigenvalue weighted by molar-refractivity contribution is 7.91. The normalized spacial score (nSPS) is 16.2. The fraction of sp³-hybridized carbons (Fsp3) is 0.571. The van der Waals surface area contributed by atoms with E-state index >= 15 is 0 Å². The third-order valence-electron chi connectivity index (χ3n) is 3.61. The van der Waals surface area contributed by atoms with Gasteiger partial charge in [-0.25, -0.2) is 8.42 Å². The summed E-state index contributed by atoms with van der Waals surface area (Å²) in [6, 6.07) is 5.16. The second kappa shape index (κ2) is 7.22. The van der Waals surface area contributed by atoms with Crippen LogP contribution in [0, 0.1) is 11.3 Å². The van der Waals surface area contributed by atoms with Crippen LogP contribution in [0.1, 0.15) is 24.1 Å². The topological polar surface area (TPSA) is 81.5 Å². The minimum atomic E-state index is -3.43. The van der Waals surface area contributed by atoms with Crippen molar-refractivity contribution < 1.29 is 13.2 Å². The molecule has 1 aromatic heterocycles. The van der Waals surface area contributed by atoms with Crippen LogP contribution in [0.15, 0.2) is 16.3 Å². The van der Waals surface area contributed by atoms with Gasteiger partial charge >= 0.3 is 0 Å². The fourth-order valence-corrected chi connectivity index (χ4v) is 5.32. The Morgan fingerprint density at radius 2 is 2.05 bits per heavy atom. The highest BCUT2D eigenvalue weighted by Gasteiger charge is 2.27. The van der Waals surface area contributed by atoms with E-state index in [4.69, 9.17) is 5.26 Å². The zero-order valence-corrected chi connectivity index (χ0v) is 14.1. The summed E-state index contributed by atoms with van der Waals surface area (Å²) < 4.78 is 26.9. The monoisotopic (exact) mass is 341 g/mol. The Labute approximate surface area is 135 Å². The number of hydrogen-bond acceptors (Lipinski definition) is 5. The van der Waals surface area contributed by atoms with Gasteiger partial charge in [0.2, 0.25) is 5.91 Å². The van der Waals surface area contributed by atoms with Crippen LogP contribution in [-0.2, 0) is 21.2 Å². The summed E-state index contributed by atoms with van der Waals surface area (Å²) in [5.74, 6) is -0.190. The first kappa shape index (κ1) is 16.9. The molecule has 1 amide bonds. The number of carbonyl (C=O) groups is 1. The first-order chi connectivity index (χ1) is 10.4. The Hall–Kier alpha value is -1.43. The van der Waals surface area contributed by atoms with Gasteiger partial charge in [-0.05, 0) is 25.0 Å². The number of likely N-dealkylation sites (N-methyl/N-ethyl adjacent to an activating group) is 1. The zero-order valence-electron chi connectivity index (χ0n) is 12.5. The first-order valence-electron chi connectivity index (χ1n) is 7.15. The van der Waals surface area contributed by atoms with Gasteiger partial charge in [-0.3, -0.25) is 4.79 Å². The minimum absolute atomic E-state index is 0.0309. The molecular weight excluding hydrogens is 322 g/mol. The molecule has 0 radical (unpaired) electrons. The molecule has 1 saturated heterocycles. The lowest BCUT2D eigenvalue weighted by Gasteiger charge is -2.25. The predicted molar refractivity (Wildman–Crippen MR) is 83.9 cm³/mol. The Morgan fingerprint density at radius 3 is 2.68 bits per heavy atom. The minimum Gasteiger partial charge on any atom is -0.332 e. The molecule has 0 atom stereocenters. The molecule has 1 aliphatic rings. The van der Waals surface area contributed by atoms with E-state index in [1.54, 1.807) is 19.2 Å². The third-order valence-corrected chi connectivity index (χ3v) is 7.06. The number of sulfonamides is 1. The molecule has 120 valence electrons. The second-order valence-electron chi connectivity index (χ2n) is 5.27. The van der Waals surface area contributed by atoms with Crippen molar-refractivity contribution in [3.05, 3.63) is 17.0 Å². The van der Waals surface area contributed by atoms with Crippen LogP contribution in [0.4, 0.5) is 0 Å². The summed E-state index contributed by atoms with van der Waals surface area (Å²) in [6.07, 6.45) is 2.99. The molecule has 0 saturated carbocycles. The highest BCUT2D eigenvalue weighted by Crippen LogP contribution is 2.27. The van der Waals surface area contributed by atoms with Gasteiger partial charge in [0, 0.05) is 25.0 Å². The van der Waals surface area contributed by atoms with Crippen LogP contribution < -0.4 is 0 Å². The van der Waals surface area contributed by atoms with Gasteiger partial charge in [0.1, 0.15) is 10.8 Å². The highest BCUT2D eigenvalue weighted by atomic mass is 32.2. The molecule has 0 aromatic carbocycles. The maximum absolute atomic E-state index is 12.5. The van der Waals surface area contributed by atoms with Gasteiger partial charge in [-0.15, -0.1) is 11.3 Å². The lowest BCUT2D eigenvalue weighted by atomic mass is 10.2. The van der Waals surface area contributed by atoms with Crippen LogP contribution in [0.2, 0.25) is 0 Å². The van der Waals surface area contributed by atoms with Crippen molar-refractivity contribution in [2.75, 3.05) is 26.7 Å². The molecular formula is C14H19N3O3S2. The van der Waals surface area contributed by atoms with Crippen molar-refractivity contribution in [1.82, 2.24) is 9.21 Å². The third kappa shape index (κ3) is 3.85. The second-order valence-corrected chi connectivity index (χ2v) is 8.60. The van der Waals surface area contributed by atoms with E-state index in [9.17, 15) is 13.2 Å².